The molecule has 3 atom stereocenters. The van der Waals surface area contributed by atoms with Crippen LogP contribution in [-0.4, -0.2) is 21.6 Å². The standard InChI is InChI=1S/C22H30O3S/c1-20(2,3)16-9-7-15(8-10-16)14-26-19(24)17-6-5-12-21(4)18(23)11-13-22(17,21)25/h7-10,17,25H,5-6,11-14H2,1-4H3/t17-,21-,22+/m0/s1. The number of rotatable bonds is 3. The highest BCUT2D eigenvalue weighted by Crippen LogP contribution is 2.56. The Bertz CT molecular complexity index is 703. The minimum Gasteiger partial charge on any atom is -0.388 e. The molecule has 2 saturated carbocycles. The maximum absolute atomic E-state index is 12.9. The fourth-order valence-electron chi connectivity index (χ4n) is 4.58. The fourth-order valence-corrected chi connectivity index (χ4v) is 5.59. The molecule has 3 rings (SSSR count). The second-order valence-corrected chi connectivity index (χ2v) is 10.2. The van der Waals surface area contributed by atoms with Crippen LogP contribution in [0.3, 0.4) is 0 Å². The molecule has 4 heteroatoms. The lowest BCUT2D eigenvalue weighted by atomic mass is 9.61. The first-order valence-corrected chi connectivity index (χ1v) is 10.6. The highest BCUT2D eigenvalue weighted by molar-refractivity contribution is 8.13. The maximum atomic E-state index is 12.9. The number of carbonyl (C=O) groups is 2. The van der Waals surface area contributed by atoms with Crippen molar-refractivity contribution in [2.45, 2.75) is 76.6 Å². The topological polar surface area (TPSA) is 54.4 Å². The van der Waals surface area contributed by atoms with Crippen molar-refractivity contribution in [2.24, 2.45) is 11.3 Å². The summed E-state index contributed by atoms with van der Waals surface area (Å²) in [5, 5.41) is 11.3. The molecule has 1 N–H and O–H groups in total. The van der Waals surface area contributed by atoms with Crippen LogP contribution in [0, 0.1) is 11.3 Å². The Morgan fingerprint density at radius 1 is 1.23 bits per heavy atom. The normalized spacial score (nSPS) is 31.7. The summed E-state index contributed by atoms with van der Waals surface area (Å²) in [5.74, 6) is 0.312. The zero-order chi connectivity index (χ0) is 19.2. The van der Waals surface area contributed by atoms with Gasteiger partial charge in [0.2, 0.25) is 0 Å². The first-order chi connectivity index (χ1) is 12.1. The zero-order valence-corrected chi connectivity index (χ0v) is 17.1. The molecule has 2 aliphatic carbocycles. The third kappa shape index (κ3) is 3.27. The van der Waals surface area contributed by atoms with Crippen molar-refractivity contribution in [3.05, 3.63) is 35.4 Å². The number of carbonyl (C=O) groups excluding carboxylic acids is 2. The van der Waals surface area contributed by atoms with Gasteiger partial charge >= 0.3 is 0 Å². The van der Waals surface area contributed by atoms with Crippen LogP contribution in [0.5, 0.6) is 0 Å². The van der Waals surface area contributed by atoms with Crippen LogP contribution in [-0.2, 0) is 20.8 Å². The van der Waals surface area contributed by atoms with Crippen LogP contribution in [0.25, 0.3) is 0 Å². The van der Waals surface area contributed by atoms with Gasteiger partial charge in [-0.05, 0) is 42.7 Å². The molecule has 0 unspecified atom stereocenters. The van der Waals surface area contributed by atoms with Crippen molar-refractivity contribution in [3.63, 3.8) is 0 Å². The van der Waals surface area contributed by atoms with Gasteiger partial charge in [0.05, 0.1) is 16.9 Å². The first kappa shape index (κ1) is 19.6. The van der Waals surface area contributed by atoms with E-state index in [0.29, 0.717) is 31.4 Å². The van der Waals surface area contributed by atoms with Crippen molar-refractivity contribution in [1.82, 2.24) is 0 Å². The molecule has 1 aromatic rings. The average Bonchev–Trinajstić information content (AvgIpc) is 2.83. The average molecular weight is 375 g/mol. The fraction of sp³-hybridized carbons (Fsp3) is 0.636. The van der Waals surface area contributed by atoms with Crippen LogP contribution < -0.4 is 0 Å². The Morgan fingerprint density at radius 3 is 2.50 bits per heavy atom. The molecule has 0 amide bonds. The highest BCUT2D eigenvalue weighted by atomic mass is 32.2. The lowest BCUT2D eigenvalue weighted by Gasteiger charge is -2.47. The van der Waals surface area contributed by atoms with E-state index in [9.17, 15) is 14.7 Å². The summed E-state index contributed by atoms with van der Waals surface area (Å²) < 4.78 is 0. The van der Waals surface area contributed by atoms with E-state index in [1.54, 1.807) is 0 Å². The number of hydrogen-bond acceptors (Lipinski definition) is 4. The predicted octanol–water partition coefficient (Wildman–Crippen LogP) is 4.64. The molecule has 2 fully saturated rings. The monoisotopic (exact) mass is 374 g/mol. The minimum atomic E-state index is -1.15. The third-order valence-corrected chi connectivity index (χ3v) is 7.58. The molecule has 0 radical (unpaired) electrons. The van der Waals surface area contributed by atoms with Gasteiger partial charge < -0.3 is 5.11 Å². The van der Waals surface area contributed by atoms with E-state index in [1.807, 2.05) is 6.92 Å². The van der Waals surface area contributed by atoms with E-state index in [1.165, 1.54) is 17.3 Å². The molecule has 3 nitrogen and oxygen atoms in total. The van der Waals surface area contributed by atoms with Gasteiger partial charge in [0.15, 0.2) is 5.12 Å². The smallest absolute Gasteiger partial charge is 0.195 e. The number of Topliss-reactive ketones (excluding diaryl/α,β-unsaturated/α-hetero) is 1. The van der Waals surface area contributed by atoms with Gasteiger partial charge in [-0.15, -0.1) is 0 Å². The number of hydrogen-bond donors (Lipinski definition) is 1. The third-order valence-electron chi connectivity index (χ3n) is 6.54. The quantitative estimate of drug-likeness (QED) is 0.837. The van der Waals surface area contributed by atoms with E-state index in [0.717, 1.165) is 12.0 Å². The van der Waals surface area contributed by atoms with Crippen molar-refractivity contribution in [2.75, 3.05) is 0 Å². The van der Waals surface area contributed by atoms with Gasteiger partial charge in [0.25, 0.3) is 0 Å². The van der Waals surface area contributed by atoms with E-state index >= 15 is 0 Å². The predicted molar refractivity (Wildman–Crippen MR) is 106 cm³/mol. The summed E-state index contributed by atoms with van der Waals surface area (Å²) in [7, 11) is 0. The number of fused-ring (bicyclic) bond motifs is 1. The van der Waals surface area contributed by atoms with Crippen molar-refractivity contribution in [1.29, 1.82) is 0 Å². The minimum absolute atomic E-state index is 0.0352. The molecular formula is C22H30O3S. The Hall–Kier alpha value is -1.13. The zero-order valence-electron chi connectivity index (χ0n) is 16.3. The van der Waals surface area contributed by atoms with E-state index in [4.69, 9.17) is 0 Å². The molecule has 0 aromatic heterocycles. The van der Waals surface area contributed by atoms with Crippen molar-refractivity contribution >= 4 is 22.7 Å². The Morgan fingerprint density at radius 2 is 1.88 bits per heavy atom. The first-order valence-electron chi connectivity index (χ1n) is 9.60. The number of benzene rings is 1. The van der Waals surface area contributed by atoms with Gasteiger partial charge in [0, 0.05) is 12.2 Å². The van der Waals surface area contributed by atoms with E-state index in [-0.39, 0.29) is 16.3 Å². The molecule has 142 valence electrons. The number of thioether (sulfide) groups is 1. The largest absolute Gasteiger partial charge is 0.388 e. The van der Waals surface area contributed by atoms with Crippen LogP contribution >= 0.6 is 11.8 Å². The molecule has 2 aliphatic rings. The summed E-state index contributed by atoms with van der Waals surface area (Å²) in [4.78, 5) is 25.2. The van der Waals surface area contributed by atoms with Gasteiger partial charge in [-0.25, -0.2) is 0 Å². The summed E-state index contributed by atoms with van der Waals surface area (Å²) in [6.45, 7) is 8.41. The van der Waals surface area contributed by atoms with Gasteiger partial charge in [0.1, 0.15) is 5.78 Å². The Kier molecular flexibility index (Phi) is 5.13. The SMILES string of the molecule is CC(C)(C)c1ccc(CSC(=O)[C@@H]2CCC[C@@]3(C)C(=O)CC[C@@]23O)cc1. The lowest BCUT2D eigenvalue weighted by molar-refractivity contribution is -0.156. The summed E-state index contributed by atoms with van der Waals surface area (Å²) >= 11 is 1.29. The lowest BCUT2D eigenvalue weighted by Crippen LogP contribution is -2.55. The second kappa shape index (κ2) is 6.79. The summed E-state index contributed by atoms with van der Waals surface area (Å²) in [6, 6.07) is 8.42. The van der Waals surface area contributed by atoms with Gasteiger partial charge in [-0.3, -0.25) is 9.59 Å². The van der Waals surface area contributed by atoms with Gasteiger partial charge in [-0.1, -0.05) is 63.2 Å². The van der Waals surface area contributed by atoms with Crippen molar-refractivity contribution < 1.29 is 14.7 Å². The van der Waals surface area contributed by atoms with Crippen LogP contribution in [0.4, 0.5) is 0 Å². The molecule has 0 spiro atoms. The number of aliphatic hydroxyl groups is 1. The molecule has 0 saturated heterocycles. The molecule has 0 bridgehead atoms. The van der Waals surface area contributed by atoms with Gasteiger partial charge in [-0.2, -0.15) is 0 Å². The summed E-state index contributed by atoms with van der Waals surface area (Å²) in [6.07, 6.45) is 3.05. The molecule has 0 heterocycles. The highest BCUT2D eigenvalue weighted by Gasteiger charge is 2.62. The molecule has 1 aromatic carbocycles. The molecule has 0 aliphatic heterocycles. The van der Waals surface area contributed by atoms with E-state index in [2.05, 4.69) is 45.0 Å². The Balaban J connectivity index is 1.68. The number of ketones is 1. The Labute approximate surface area is 160 Å². The van der Waals surface area contributed by atoms with E-state index < -0.39 is 16.9 Å². The summed E-state index contributed by atoms with van der Waals surface area (Å²) in [5.41, 5.74) is 0.624. The maximum Gasteiger partial charge on any atom is 0.195 e. The molecule has 26 heavy (non-hydrogen) atoms. The second-order valence-electron chi connectivity index (χ2n) is 9.18. The van der Waals surface area contributed by atoms with Crippen LogP contribution in [0.15, 0.2) is 24.3 Å². The van der Waals surface area contributed by atoms with Crippen LogP contribution in [0.2, 0.25) is 0 Å². The van der Waals surface area contributed by atoms with Crippen molar-refractivity contribution in [3.8, 4) is 0 Å². The molecular weight excluding hydrogens is 344 g/mol. The van der Waals surface area contributed by atoms with Crippen LogP contribution in [0.1, 0.15) is 70.9 Å².